The molecule has 8 heteroatoms. The number of hydrogen-bond donors (Lipinski definition) is 1. The van der Waals surface area contributed by atoms with Crippen LogP contribution in [0.25, 0.3) is 22.6 Å². The standard InChI is InChI=1S/C21H21FN6O/c22-16-1-2-18(25-12-16)21-26-19(29-27-21)11-14-5-9-28(10-6-14)13-15-3-7-23-20-17(15)4-8-24-20/h1-4,7-8,12,14H,5-6,9-11,13H2,(H,23,24). The van der Waals surface area contributed by atoms with Crippen molar-refractivity contribution < 1.29 is 8.91 Å². The van der Waals surface area contributed by atoms with Gasteiger partial charge in [0.25, 0.3) is 0 Å². The van der Waals surface area contributed by atoms with Gasteiger partial charge in [-0.3, -0.25) is 4.90 Å². The molecule has 0 aliphatic carbocycles. The second kappa shape index (κ2) is 7.71. The number of pyridine rings is 2. The van der Waals surface area contributed by atoms with Crippen LogP contribution < -0.4 is 0 Å². The lowest BCUT2D eigenvalue weighted by Crippen LogP contribution is -2.33. The van der Waals surface area contributed by atoms with Crippen LogP contribution in [-0.4, -0.2) is 43.1 Å². The van der Waals surface area contributed by atoms with Crippen molar-refractivity contribution in [3.63, 3.8) is 0 Å². The van der Waals surface area contributed by atoms with Gasteiger partial charge in [0.15, 0.2) is 0 Å². The lowest BCUT2D eigenvalue weighted by atomic mass is 9.93. The van der Waals surface area contributed by atoms with Crippen LogP contribution in [-0.2, 0) is 13.0 Å². The molecular weight excluding hydrogens is 371 g/mol. The SMILES string of the molecule is Fc1ccc(-c2noc(CC3CCN(Cc4ccnc5[nH]ccc45)CC3)n2)nc1. The first-order chi connectivity index (χ1) is 14.2. The number of H-pyrrole nitrogens is 1. The summed E-state index contributed by atoms with van der Waals surface area (Å²) in [6.07, 6.45) is 7.91. The highest BCUT2D eigenvalue weighted by Gasteiger charge is 2.22. The van der Waals surface area contributed by atoms with Crippen molar-refractivity contribution in [3.8, 4) is 11.5 Å². The van der Waals surface area contributed by atoms with Crippen molar-refractivity contribution in [1.82, 2.24) is 30.0 Å². The molecule has 5 rings (SSSR count). The molecule has 4 aromatic rings. The van der Waals surface area contributed by atoms with Gasteiger partial charge in [0.2, 0.25) is 11.7 Å². The topological polar surface area (TPSA) is 83.7 Å². The van der Waals surface area contributed by atoms with Crippen molar-refractivity contribution in [3.05, 3.63) is 60.1 Å². The van der Waals surface area contributed by atoms with Gasteiger partial charge in [-0.1, -0.05) is 5.16 Å². The third-order valence-electron chi connectivity index (χ3n) is 5.54. The summed E-state index contributed by atoms with van der Waals surface area (Å²) in [5.74, 6) is 1.16. The first-order valence-corrected chi connectivity index (χ1v) is 9.82. The minimum atomic E-state index is -0.381. The summed E-state index contributed by atoms with van der Waals surface area (Å²) in [5.41, 5.74) is 2.77. The van der Waals surface area contributed by atoms with Gasteiger partial charge in [-0.25, -0.2) is 14.4 Å². The molecule has 5 heterocycles. The first kappa shape index (κ1) is 17.9. The van der Waals surface area contributed by atoms with Gasteiger partial charge in [-0.15, -0.1) is 0 Å². The van der Waals surface area contributed by atoms with E-state index >= 15 is 0 Å². The van der Waals surface area contributed by atoms with Crippen LogP contribution in [0.15, 0.2) is 47.4 Å². The second-order valence-electron chi connectivity index (χ2n) is 7.51. The van der Waals surface area contributed by atoms with Crippen molar-refractivity contribution >= 4 is 11.0 Å². The number of nitrogens with zero attached hydrogens (tertiary/aromatic N) is 5. The Morgan fingerprint density at radius 1 is 1.14 bits per heavy atom. The molecule has 1 saturated heterocycles. The number of piperidine rings is 1. The number of fused-ring (bicyclic) bond motifs is 1. The first-order valence-electron chi connectivity index (χ1n) is 9.82. The molecule has 0 spiro atoms. The van der Waals surface area contributed by atoms with E-state index in [-0.39, 0.29) is 5.82 Å². The average molecular weight is 392 g/mol. The van der Waals surface area contributed by atoms with Gasteiger partial charge < -0.3 is 9.51 Å². The Hall–Kier alpha value is -3.13. The molecule has 0 radical (unpaired) electrons. The van der Waals surface area contributed by atoms with Crippen molar-refractivity contribution in [2.45, 2.75) is 25.8 Å². The van der Waals surface area contributed by atoms with Crippen LogP contribution >= 0.6 is 0 Å². The Morgan fingerprint density at radius 2 is 2.03 bits per heavy atom. The number of aromatic amines is 1. The highest BCUT2D eigenvalue weighted by atomic mass is 19.1. The fourth-order valence-electron chi connectivity index (χ4n) is 3.94. The Balaban J connectivity index is 1.17. The van der Waals surface area contributed by atoms with Crippen molar-refractivity contribution in [2.24, 2.45) is 5.92 Å². The largest absolute Gasteiger partial charge is 0.346 e. The highest BCUT2D eigenvalue weighted by molar-refractivity contribution is 5.79. The number of likely N-dealkylation sites (tertiary alicyclic amines) is 1. The van der Waals surface area contributed by atoms with Gasteiger partial charge in [-0.05, 0) is 61.7 Å². The van der Waals surface area contributed by atoms with E-state index in [1.54, 1.807) is 6.07 Å². The molecule has 0 bridgehead atoms. The van der Waals surface area contributed by atoms with Crippen LogP contribution in [0.4, 0.5) is 4.39 Å². The number of rotatable bonds is 5. The van der Waals surface area contributed by atoms with E-state index in [0.29, 0.717) is 23.3 Å². The van der Waals surface area contributed by atoms with Crippen LogP contribution in [0.2, 0.25) is 0 Å². The summed E-state index contributed by atoms with van der Waals surface area (Å²) in [6, 6.07) is 7.10. The zero-order chi connectivity index (χ0) is 19.6. The highest BCUT2D eigenvalue weighted by Crippen LogP contribution is 2.25. The van der Waals surface area contributed by atoms with Crippen molar-refractivity contribution in [2.75, 3.05) is 13.1 Å². The molecule has 0 amide bonds. The third-order valence-corrected chi connectivity index (χ3v) is 5.54. The second-order valence-corrected chi connectivity index (χ2v) is 7.51. The monoisotopic (exact) mass is 392 g/mol. The summed E-state index contributed by atoms with van der Waals surface area (Å²) in [6.45, 7) is 3.02. The van der Waals surface area contributed by atoms with E-state index < -0.39 is 0 Å². The van der Waals surface area contributed by atoms with Gasteiger partial charge in [0.05, 0.1) is 6.20 Å². The fraction of sp³-hybridized carbons (Fsp3) is 0.333. The quantitative estimate of drug-likeness (QED) is 0.559. The molecule has 0 atom stereocenters. The van der Waals surface area contributed by atoms with E-state index in [9.17, 15) is 4.39 Å². The zero-order valence-corrected chi connectivity index (χ0v) is 15.9. The Bertz CT molecular complexity index is 1100. The van der Waals surface area contributed by atoms with Crippen LogP contribution in [0.1, 0.15) is 24.3 Å². The molecule has 0 unspecified atom stereocenters. The fourth-order valence-corrected chi connectivity index (χ4v) is 3.94. The van der Waals surface area contributed by atoms with Crippen LogP contribution in [0.3, 0.4) is 0 Å². The van der Waals surface area contributed by atoms with Gasteiger partial charge in [0.1, 0.15) is 17.2 Å². The maximum absolute atomic E-state index is 13.0. The van der Waals surface area contributed by atoms with Gasteiger partial charge >= 0.3 is 0 Å². The summed E-state index contributed by atoms with van der Waals surface area (Å²) < 4.78 is 18.4. The normalized spacial score (nSPS) is 15.9. The molecule has 29 heavy (non-hydrogen) atoms. The number of halogens is 1. The molecule has 1 aliphatic heterocycles. The molecule has 7 nitrogen and oxygen atoms in total. The minimum Gasteiger partial charge on any atom is -0.346 e. The molecule has 1 fully saturated rings. The molecule has 148 valence electrons. The summed E-state index contributed by atoms with van der Waals surface area (Å²) in [4.78, 5) is 18.5. The molecule has 1 N–H and O–H groups in total. The minimum absolute atomic E-state index is 0.381. The summed E-state index contributed by atoms with van der Waals surface area (Å²) >= 11 is 0. The Morgan fingerprint density at radius 3 is 2.86 bits per heavy atom. The van der Waals surface area contributed by atoms with Gasteiger partial charge in [-0.2, -0.15) is 4.98 Å². The maximum atomic E-state index is 13.0. The average Bonchev–Trinajstić information content (AvgIpc) is 3.40. The van der Waals surface area contributed by atoms with Crippen LogP contribution in [0.5, 0.6) is 0 Å². The predicted molar refractivity (Wildman–Crippen MR) is 105 cm³/mol. The van der Waals surface area contributed by atoms with E-state index in [1.165, 1.54) is 17.0 Å². The van der Waals surface area contributed by atoms with E-state index in [0.717, 1.165) is 50.7 Å². The molecule has 4 aromatic heterocycles. The van der Waals surface area contributed by atoms with E-state index in [1.807, 2.05) is 12.4 Å². The molecule has 0 saturated carbocycles. The summed E-state index contributed by atoms with van der Waals surface area (Å²) in [5, 5.41) is 5.18. The third kappa shape index (κ3) is 3.88. The number of hydrogen-bond acceptors (Lipinski definition) is 6. The lowest BCUT2D eigenvalue weighted by molar-refractivity contribution is 0.171. The van der Waals surface area contributed by atoms with Crippen LogP contribution in [0, 0.1) is 11.7 Å². The molecular formula is C21H21FN6O. The zero-order valence-electron chi connectivity index (χ0n) is 15.9. The molecule has 0 aromatic carbocycles. The molecule has 1 aliphatic rings. The Labute approximate surface area is 167 Å². The maximum Gasteiger partial charge on any atom is 0.227 e. The van der Waals surface area contributed by atoms with Gasteiger partial charge in [0, 0.05) is 30.7 Å². The smallest absolute Gasteiger partial charge is 0.227 e. The van der Waals surface area contributed by atoms with E-state index in [2.05, 4.69) is 42.1 Å². The number of aromatic nitrogens is 5. The predicted octanol–water partition coefficient (Wildman–Crippen LogP) is 3.60. The Kier molecular flexibility index (Phi) is 4.77. The number of nitrogens with one attached hydrogen (secondary N) is 1. The van der Waals surface area contributed by atoms with E-state index in [4.69, 9.17) is 4.52 Å². The summed E-state index contributed by atoms with van der Waals surface area (Å²) in [7, 11) is 0. The van der Waals surface area contributed by atoms with Crippen molar-refractivity contribution in [1.29, 1.82) is 0 Å². The lowest BCUT2D eigenvalue weighted by Gasteiger charge is -2.31.